The van der Waals surface area contributed by atoms with E-state index in [9.17, 15) is 19.1 Å². The van der Waals surface area contributed by atoms with Crippen molar-refractivity contribution in [2.45, 2.75) is 13.8 Å². The number of thiophene rings is 1. The molecule has 1 amide bonds. The molecule has 2 heterocycles. The van der Waals surface area contributed by atoms with Gasteiger partial charge >= 0.3 is 5.97 Å². The Morgan fingerprint density at radius 2 is 2.10 bits per heavy atom. The smallest absolute Gasteiger partial charge is 0.338 e. The predicted octanol–water partition coefficient (Wildman–Crippen LogP) is 3.50. The molecule has 8 heteroatoms. The highest BCUT2D eigenvalue weighted by molar-refractivity contribution is 7.16. The molecule has 0 spiro atoms. The Balaban J connectivity index is 2.38. The average molecular weight is 329 g/mol. The molecule has 21 heavy (non-hydrogen) atoms. The Morgan fingerprint density at radius 3 is 2.71 bits per heavy atom. The van der Waals surface area contributed by atoms with E-state index in [2.05, 4.69) is 10.3 Å². The molecule has 0 radical (unpaired) electrons. The van der Waals surface area contributed by atoms with E-state index in [0.717, 1.165) is 28.5 Å². The van der Waals surface area contributed by atoms with Gasteiger partial charge in [-0.15, -0.1) is 11.3 Å². The fraction of sp³-hybridized carbons (Fsp3) is 0.154. The minimum atomic E-state index is -1.14. The van der Waals surface area contributed by atoms with Gasteiger partial charge in [0.2, 0.25) is 0 Å². The summed E-state index contributed by atoms with van der Waals surface area (Å²) in [6.45, 7) is 3.40. The Kier molecular flexibility index (Phi) is 4.24. The zero-order chi connectivity index (χ0) is 15.7. The monoisotopic (exact) mass is 328 g/mol. The largest absolute Gasteiger partial charge is 0.478 e. The van der Waals surface area contributed by atoms with Crippen LogP contribution < -0.4 is 5.32 Å². The minimum Gasteiger partial charge on any atom is -0.478 e. The summed E-state index contributed by atoms with van der Waals surface area (Å²) in [6, 6.07) is 0.943. The molecule has 2 rings (SSSR count). The van der Waals surface area contributed by atoms with Crippen LogP contribution in [0.15, 0.2) is 12.3 Å². The van der Waals surface area contributed by atoms with E-state index in [-0.39, 0.29) is 21.3 Å². The number of aryl methyl sites for hydroxylation is 1. The second-order valence-corrected chi connectivity index (χ2v) is 5.82. The van der Waals surface area contributed by atoms with Crippen molar-refractivity contribution in [3.05, 3.63) is 44.8 Å². The summed E-state index contributed by atoms with van der Waals surface area (Å²) in [4.78, 5) is 27.7. The number of nitrogens with one attached hydrogen (secondary N) is 1. The van der Waals surface area contributed by atoms with Crippen molar-refractivity contribution >= 4 is 39.8 Å². The molecule has 2 aromatic heterocycles. The van der Waals surface area contributed by atoms with Crippen LogP contribution in [0.25, 0.3) is 0 Å². The number of hydrogen-bond acceptors (Lipinski definition) is 4. The third kappa shape index (κ3) is 3.03. The number of carboxylic acid groups (broad SMARTS) is 1. The lowest BCUT2D eigenvalue weighted by molar-refractivity contribution is 0.0697. The summed E-state index contributed by atoms with van der Waals surface area (Å²) in [6.07, 6.45) is 0.890. The highest BCUT2D eigenvalue weighted by Gasteiger charge is 2.22. The molecule has 0 saturated heterocycles. The van der Waals surface area contributed by atoms with Gasteiger partial charge in [0.25, 0.3) is 5.91 Å². The Morgan fingerprint density at radius 1 is 1.43 bits per heavy atom. The first-order valence-corrected chi connectivity index (χ1v) is 6.96. The van der Waals surface area contributed by atoms with Crippen molar-refractivity contribution in [3.8, 4) is 0 Å². The number of nitrogens with zero attached hydrogens (tertiary/aromatic N) is 1. The van der Waals surface area contributed by atoms with Crippen LogP contribution in [0.1, 0.15) is 31.2 Å². The van der Waals surface area contributed by atoms with Crippen molar-refractivity contribution < 1.29 is 19.1 Å². The van der Waals surface area contributed by atoms with Crippen LogP contribution in [-0.4, -0.2) is 22.0 Å². The number of anilines is 1. The van der Waals surface area contributed by atoms with Crippen LogP contribution in [0.4, 0.5) is 9.39 Å². The van der Waals surface area contributed by atoms with Gasteiger partial charge < -0.3 is 10.4 Å². The van der Waals surface area contributed by atoms with Crippen LogP contribution >= 0.6 is 22.9 Å². The van der Waals surface area contributed by atoms with Crippen LogP contribution in [0.2, 0.25) is 5.15 Å². The van der Waals surface area contributed by atoms with Gasteiger partial charge in [-0.1, -0.05) is 11.6 Å². The molecule has 5 nitrogen and oxygen atoms in total. The van der Waals surface area contributed by atoms with Gasteiger partial charge in [0, 0.05) is 4.88 Å². The van der Waals surface area contributed by atoms with E-state index < -0.39 is 17.7 Å². The second kappa shape index (κ2) is 5.79. The molecule has 0 bridgehead atoms. The molecular weight excluding hydrogens is 319 g/mol. The summed E-state index contributed by atoms with van der Waals surface area (Å²) in [5.74, 6) is -2.56. The summed E-state index contributed by atoms with van der Waals surface area (Å²) in [5, 5.41) is 11.7. The highest BCUT2D eigenvalue weighted by atomic mass is 35.5. The van der Waals surface area contributed by atoms with Crippen LogP contribution in [0.5, 0.6) is 0 Å². The third-order valence-corrected chi connectivity index (χ3v) is 4.30. The van der Waals surface area contributed by atoms with E-state index in [1.165, 1.54) is 0 Å². The minimum absolute atomic E-state index is 0.0198. The maximum atomic E-state index is 13.1. The fourth-order valence-electron chi connectivity index (χ4n) is 1.72. The van der Waals surface area contributed by atoms with Gasteiger partial charge in [-0.05, 0) is 25.5 Å². The maximum Gasteiger partial charge on any atom is 0.338 e. The number of pyridine rings is 1. The lowest BCUT2D eigenvalue weighted by atomic mass is 10.1. The molecular formula is C13H10ClFN2O3S. The van der Waals surface area contributed by atoms with Crippen LogP contribution in [-0.2, 0) is 0 Å². The topological polar surface area (TPSA) is 79.3 Å². The molecule has 2 N–H and O–H groups in total. The number of hydrogen-bond donors (Lipinski definition) is 2. The zero-order valence-corrected chi connectivity index (χ0v) is 12.6. The first kappa shape index (κ1) is 15.4. The second-order valence-electron chi connectivity index (χ2n) is 4.24. The number of rotatable bonds is 3. The first-order valence-electron chi connectivity index (χ1n) is 5.77. The number of carbonyl (C=O) groups is 2. The van der Waals surface area contributed by atoms with Crippen LogP contribution in [0.3, 0.4) is 0 Å². The van der Waals surface area contributed by atoms with Crippen molar-refractivity contribution in [3.63, 3.8) is 0 Å². The van der Waals surface area contributed by atoms with Crippen molar-refractivity contribution in [2.75, 3.05) is 5.32 Å². The van der Waals surface area contributed by atoms with E-state index >= 15 is 0 Å². The predicted molar refractivity (Wildman–Crippen MR) is 77.9 cm³/mol. The van der Waals surface area contributed by atoms with Crippen molar-refractivity contribution in [1.82, 2.24) is 4.98 Å². The quantitative estimate of drug-likeness (QED) is 0.845. The third-order valence-electron chi connectivity index (χ3n) is 2.88. The molecule has 0 fully saturated rings. The number of aromatic carboxylic acids is 1. The number of carbonyl (C=O) groups excluding carboxylic acids is 1. The zero-order valence-electron chi connectivity index (χ0n) is 11.0. The van der Waals surface area contributed by atoms with Gasteiger partial charge in [0.1, 0.15) is 16.0 Å². The number of halogens is 2. The average Bonchev–Trinajstić information content (AvgIpc) is 2.67. The molecule has 0 aromatic carbocycles. The molecule has 0 atom stereocenters. The Bertz CT molecular complexity index is 745. The summed E-state index contributed by atoms with van der Waals surface area (Å²) >= 11 is 6.88. The van der Waals surface area contributed by atoms with Gasteiger partial charge in [-0.3, -0.25) is 4.79 Å². The standard InChI is InChI=1S/C13H10ClFN2O3S/c1-5-6(2)21-12(9(5)13(19)20)17-11(18)8-3-7(15)4-16-10(8)14/h3-4H,1-2H3,(H,17,18)(H,19,20). The normalized spacial score (nSPS) is 10.5. The van der Waals surface area contributed by atoms with Crippen LogP contribution in [0, 0.1) is 19.7 Å². The van der Waals surface area contributed by atoms with E-state index in [1.54, 1.807) is 13.8 Å². The summed E-state index contributed by atoms with van der Waals surface area (Å²) in [5.41, 5.74) is 0.439. The van der Waals surface area contributed by atoms with Crippen molar-refractivity contribution in [2.24, 2.45) is 0 Å². The van der Waals surface area contributed by atoms with Crippen molar-refractivity contribution in [1.29, 1.82) is 0 Å². The van der Waals surface area contributed by atoms with Gasteiger partial charge in [0.15, 0.2) is 0 Å². The number of carboxylic acids is 1. The fourth-order valence-corrected chi connectivity index (χ4v) is 2.96. The number of aromatic nitrogens is 1. The lowest BCUT2D eigenvalue weighted by Gasteiger charge is -2.06. The highest BCUT2D eigenvalue weighted by Crippen LogP contribution is 2.33. The van der Waals surface area contributed by atoms with E-state index in [0.29, 0.717) is 5.56 Å². The molecule has 0 saturated carbocycles. The SMILES string of the molecule is Cc1sc(NC(=O)c2cc(F)cnc2Cl)c(C(=O)O)c1C. The van der Waals surface area contributed by atoms with Gasteiger partial charge in [0.05, 0.1) is 17.3 Å². The summed E-state index contributed by atoms with van der Waals surface area (Å²) < 4.78 is 13.1. The van der Waals surface area contributed by atoms with Gasteiger partial charge in [-0.2, -0.15) is 0 Å². The molecule has 0 aliphatic carbocycles. The molecule has 0 unspecified atom stereocenters. The number of amides is 1. The Hall–Kier alpha value is -1.99. The summed E-state index contributed by atoms with van der Waals surface area (Å²) in [7, 11) is 0. The lowest BCUT2D eigenvalue weighted by Crippen LogP contribution is -2.14. The van der Waals surface area contributed by atoms with E-state index in [1.807, 2.05) is 0 Å². The molecule has 0 aliphatic rings. The van der Waals surface area contributed by atoms with Gasteiger partial charge in [-0.25, -0.2) is 14.2 Å². The molecule has 110 valence electrons. The molecule has 0 aliphatic heterocycles. The Labute approximate surface area is 128 Å². The maximum absolute atomic E-state index is 13.1. The van der Waals surface area contributed by atoms with E-state index in [4.69, 9.17) is 11.6 Å². The first-order chi connectivity index (χ1) is 9.81. The molecule has 2 aromatic rings.